The maximum Gasteiger partial charge on any atom is 0.411 e. The fourth-order valence-electron chi connectivity index (χ4n) is 5.75. The molecule has 1 aromatic carbocycles. The Labute approximate surface area is 286 Å². The van der Waals surface area contributed by atoms with E-state index in [-0.39, 0.29) is 43.5 Å². The van der Waals surface area contributed by atoms with Gasteiger partial charge >= 0.3 is 12.1 Å². The Hall–Kier alpha value is -4.97. The summed E-state index contributed by atoms with van der Waals surface area (Å²) in [6.07, 6.45) is 8.73. The first-order chi connectivity index (χ1) is 23.4. The number of hydrogen-bond donors (Lipinski definition) is 3. The molecule has 0 saturated carbocycles. The Balaban J connectivity index is 1.54. The van der Waals surface area contributed by atoms with Gasteiger partial charge in [-0.2, -0.15) is 0 Å². The van der Waals surface area contributed by atoms with Gasteiger partial charge in [0.1, 0.15) is 18.4 Å². The maximum absolute atomic E-state index is 13.7. The number of aryl methyl sites for hydroxylation is 1. The van der Waals surface area contributed by atoms with E-state index in [1.165, 1.54) is 17.2 Å². The summed E-state index contributed by atoms with van der Waals surface area (Å²) in [5, 5.41) is 16.0. The van der Waals surface area contributed by atoms with Crippen LogP contribution in [0.3, 0.4) is 0 Å². The SMILES string of the molecule is C=C1Cc2nc(co2)C(=O)N2CCC[C@@H]2C(=O)O[C@H]([C@H](C)COC(=O)Nc2ccc(C)cc2)[C@H](C)/C=C/C(=O)NC/C=C/C(C)=C/[C@@H](O)C1. The molecule has 0 aliphatic carbocycles. The Morgan fingerprint density at radius 3 is 2.71 bits per heavy atom. The molecule has 1 saturated heterocycles. The van der Waals surface area contributed by atoms with E-state index in [0.717, 1.165) is 11.1 Å². The zero-order valence-electron chi connectivity index (χ0n) is 28.5. The van der Waals surface area contributed by atoms with Gasteiger partial charge in [-0.05, 0) is 51.3 Å². The van der Waals surface area contributed by atoms with Crippen molar-refractivity contribution < 1.29 is 38.2 Å². The number of esters is 1. The quantitative estimate of drug-likeness (QED) is 0.298. The summed E-state index contributed by atoms with van der Waals surface area (Å²) >= 11 is 0. The van der Waals surface area contributed by atoms with Crippen molar-refractivity contribution in [2.24, 2.45) is 11.8 Å². The molecule has 2 aromatic rings. The molecule has 49 heavy (non-hydrogen) atoms. The number of nitrogens with one attached hydrogen (secondary N) is 2. The predicted octanol–water partition coefficient (Wildman–Crippen LogP) is 5.06. The minimum Gasteiger partial charge on any atom is -0.460 e. The number of nitrogens with zero attached hydrogens (tertiary/aromatic N) is 2. The van der Waals surface area contributed by atoms with E-state index in [0.29, 0.717) is 30.6 Å². The summed E-state index contributed by atoms with van der Waals surface area (Å²) in [6.45, 7) is 11.9. The van der Waals surface area contributed by atoms with Crippen molar-refractivity contribution in [3.05, 3.63) is 95.8 Å². The highest BCUT2D eigenvalue weighted by Crippen LogP contribution is 2.26. The van der Waals surface area contributed by atoms with Crippen molar-refractivity contribution in [2.75, 3.05) is 25.0 Å². The lowest BCUT2D eigenvalue weighted by Crippen LogP contribution is -2.44. The van der Waals surface area contributed by atoms with Crippen molar-refractivity contribution >= 4 is 29.6 Å². The molecular formula is C37H46N4O8. The molecule has 12 nitrogen and oxygen atoms in total. The smallest absolute Gasteiger partial charge is 0.411 e. The minimum absolute atomic E-state index is 0.0579. The van der Waals surface area contributed by atoms with Crippen LogP contribution in [-0.2, 0) is 25.5 Å². The molecule has 5 atom stereocenters. The van der Waals surface area contributed by atoms with Gasteiger partial charge < -0.3 is 29.2 Å². The van der Waals surface area contributed by atoms with Gasteiger partial charge in [0.25, 0.3) is 5.91 Å². The third kappa shape index (κ3) is 11.0. The number of amides is 3. The zero-order chi connectivity index (χ0) is 35.5. The van der Waals surface area contributed by atoms with Crippen LogP contribution in [0.25, 0.3) is 0 Å². The highest BCUT2D eigenvalue weighted by molar-refractivity contribution is 5.95. The molecule has 0 spiro atoms. The summed E-state index contributed by atoms with van der Waals surface area (Å²) in [4.78, 5) is 58.2. The lowest BCUT2D eigenvalue weighted by atomic mass is 9.93. The molecule has 1 aromatic heterocycles. The fraction of sp³-hybridized carbons (Fsp3) is 0.432. The molecule has 0 radical (unpaired) electrons. The monoisotopic (exact) mass is 674 g/mol. The van der Waals surface area contributed by atoms with Gasteiger partial charge in [0.15, 0.2) is 11.6 Å². The van der Waals surface area contributed by atoms with E-state index in [2.05, 4.69) is 22.2 Å². The molecule has 0 unspecified atom stereocenters. The number of aliphatic hydroxyl groups excluding tert-OH is 1. The number of carbonyl (C=O) groups is 4. The number of allylic oxidation sites excluding steroid dienone is 2. The molecule has 3 heterocycles. The topological polar surface area (TPSA) is 160 Å². The first-order valence-corrected chi connectivity index (χ1v) is 16.5. The summed E-state index contributed by atoms with van der Waals surface area (Å²) in [7, 11) is 0. The molecule has 3 amide bonds. The average molecular weight is 675 g/mol. The highest BCUT2D eigenvalue weighted by atomic mass is 16.6. The average Bonchev–Trinajstić information content (AvgIpc) is 3.74. The van der Waals surface area contributed by atoms with Crippen molar-refractivity contribution in [3.8, 4) is 0 Å². The van der Waals surface area contributed by atoms with Crippen LogP contribution in [-0.4, -0.2) is 76.8 Å². The number of hydrogen-bond acceptors (Lipinski definition) is 9. The number of aliphatic hydroxyl groups is 1. The number of carbonyl (C=O) groups excluding carboxylic acids is 4. The highest BCUT2D eigenvalue weighted by Gasteiger charge is 2.39. The largest absolute Gasteiger partial charge is 0.460 e. The molecule has 262 valence electrons. The first kappa shape index (κ1) is 36.9. The number of ether oxygens (including phenoxy) is 2. The number of rotatable bonds is 4. The maximum atomic E-state index is 13.7. The molecule has 2 aliphatic heterocycles. The van der Waals surface area contributed by atoms with Crippen LogP contribution in [0.4, 0.5) is 10.5 Å². The van der Waals surface area contributed by atoms with Gasteiger partial charge in [0, 0.05) is 37.0 Å². The summed E-state index contributed by atoms with van der Waals surface area (Å²) in [6, 6.07) is 6.41. The van der Waals surface area contributed by atoms with E-state index in [4.69, 9.17) is 13.9 Å². The molecule has 12 heteroatoms. The lowest BCUT2D eigenvalue weighted by molar-refractivity contribution is -0.159. The van der Waals surface area contributed by atoms with Crippen LogP contribution in [0.15, 0.2) is 83.1 Å². The summed E-state index contributed by atoms with van der Waals surface area (Å²) < 4.78 is 17.1. The predicted molar refractivity (Wildman–Crippen MR) is 183 cm³/mol. The second-order valence-corrected chi connectivity index (χ2v) is 12.7. The van der Waals surface area contributed by atoms with E-state index in [1.807, 2.05) is 26.0 Å². The van der Waals surface area contributed by atoms with Crippen molar-refractivity contribution in [1.29, 1.82) is 0 Å². The molecule has 4 rings (SSSR count). The minimum atomic E-state index is -0.860. The van der Waals surface area contributed by atoms with Crippen molar-refractivity contribution in [2.45, 2.75) is 71.6 Å². The van der Waals surface area contributed by atoms with Crippen LogP contribution >= 0.6 is 0 Å². The van der Waals surface area contributed by atoms with Gasteiger partial charge in [0.05, 0.1) is 12.7 Å². The molecule has 1 fully saturated rings. The van der Waals surface area contributed by atoms with Crippen LogP contribution in [0.2, 0.25) is 0 Å². The van der Waals surface area contributed by atoms with Crippen LogP contribution in [0, 0.1) is 18.8 Å². The van der Waals surface area contributed by atoms with Gasteiger partial charge in [-0.3, -0.25) is 14.9 Å². The van der Waals surface area contributed by atoms with E-state index in [9.17, 15) is 24.3 Å². The van der Waals surface area contributed by atoms with E-state index in [1.54, 1.807) is 50.3 Å². The van der Waals surface area contributed by atoms with Gasteiger partial charge in [0.2, 0.25) is 5.91 Å². The third-order valence-electron chi connectivity index (χ3n) is 8.34. The molecule has 2 bridgehead atoms. The van der Waals surface area contributed by atoms with Gasteiger partial charge in [-0.15, -0.1) is 0 Å². The Bertz CT molecular complexity index is 1590. The second kappa shape index (κ2) is 17.4. The molecule has 3 N–H and O–H groups in total. The van der Waals surface area contributed by atoms with Crippen LogP contribution < -0.4 is 10.6 Å². The number of anilines is 1. The lowest BCUT2D eigenvalue weighted by Gasteiger charge is -2.30. The number of oxazole rings is 1. The van der Waals surface area contributed by atoms with Crippen molar-refractivity contribution in [1.82, 2.24) is 15.2 Å². The Morgan fingerprint density at radius 1 is 1.20 bits per heavy atom. The van der Waals surface area contributed by atoms with Crippen LogP contribution in [0.5, 0.6) is 0 Å². The van der Waals surface area contributed by atoms with Gasteiger partial charge in [-0.1, -0.05) is 73.6 Å². The van der Waals surface area contributed by atoms with E-state index < -0.39 is 48.1 Å². The second-order valence-electron chi connectivity index (χ2n) is 12.7. The fourth-order valence-corrected chi connectivity index (χ4v) is 5.75. The van der Waals surface area contributed by atoms with E-state index >= 15 is 0 Å². The number of benzene rings is 1. The number of cyclic esters (lactones) is 1. The zero-order valence-corrected chi connectivity index (χ0v) is 28.5. The standard InChI is InChI=1S/C37H46N4O8/c1-23-10-13-28(14-11-23)39-37(46)48-21-27(5)34-26(4)12-15-32(43)38-16-6-8-24(2)18-29(42)19-25(3)20-33-40-30(22-47-33)35(44)41-17-7-9-31(41)36(45)49-34/h6,8,10-15,18,22,26-27,29,31,34,42H,3,7,9,16-17,19-21H2,1-2,4-5H3,(H,38,43)(H,39,46)/b8-6+,15-12+,24-18+/t26-,27-,29-,31-,34+/m1/s1. The number of fused-ring (bicyclic) bond motifs is 3. The Morgan fingerprint density at radius 2 is 1.96 bits per heavy atom. The summed E-state index contributed by atoms with van der Waals surface area (Å²) in [5.41, 5.74) is 3.15. The third-order valence-corrected chi connectivity index (χ3v) is 8.34. The summed E-state index contributed by atoms with van der Waals surface area (Å²) in [5.74, 6) is -2.08. The first-order valence-electron chi connectivity index (χ1n) is 16.5. The van der Waals surface area contributed by atoms with Gasteiger partial charge in [-0.25, -0.2) is 14.6 Å². The molecule has 2 aliphatic rings. The molecular weight excluding hydrogens is 628 g/mol. The Kier molecular flexibility index (Phi) is 13.1. The van der Waals surface area contributed by atoms with Crippen LogP contribution in [0.1, 0.15) is 62.0 Å². The normalized spacial score (nSPS) is 26.0. The number of aromatic nitrogens is 1. The van der Waals surface area contributed by atoms with Crippen molar-refractivity contribution in [3.63, 3.8) is 0 Å².